The molecule has 0 saturated carbocycles. The Kier molecular flexibility index (Phi) is 10.3. The predicted molar refractivity (Wildman–Crippen MR) is 211 cm³/mol. The summed E-state index contributed by atoms with van der Waals surface area (Å²) in [5.41, 5.74) is 7.12. The molecule has 0 fully saturated rings. The lowest BCUT2D eigenvalue weighted by atomic mass is 10.1. The van der Waals surface area contributed by atoms with Crippen molar-refractivity contribution < 1.29 is 9.47 Å². The van der Waals surface area contributed by atoms with Gasteiger partial charge in [-0.2, -0.15) is 10.2 Å². The third kappa shape index (κ3) is 7.34. The summed E-state index contributed by atoms with van der Waals surface area (Å²) in [5.74, 6) is 4.09. The lowest BCUT2D eigenvalue weighted by Gasteiger charge is -2.11. The molecule has 0 amide bonds. The fraction of sp³-hybridized carbons (Fsp3) is 0.150. The van der Waals surface area contributed by atoms with Crippen LogP contribution in [-0.4, -0.2) is 62.9 Å². The Hall–Kier alpha value is -6.24. The second-order valence-corrected chi connectivity index (χ2v) is 13.2. The summed E-state index contributed by atoms with van der Waals surface area (Å²) in [4.78, 5) is 17.9. The molecule has 0 spiro atoms. The number of imidazole rings is 2. The molecule has 4 heterocycles. The van der Waals surface area contributed by atoms with Crippen molar-refractivity contribution >= 4 is 23.2 Å². The van der Waals surface area contributed by atoms with Gasteiger partial charge >= 0.3 is 0 Å². The fourth-order valence-electron chi connectivity index (χ4n) is 5.94. The molecule has 0 N–H and O–H groups in total. The highest BCUT2D eigenvalue weighted by Gasteiger charge is 2.17. The second-order valence-electron chi connectivity index (χ2n) is 12.3. The maximum atomic E-state index is 6.31. The van der Waals surface area contributed by atoms with Gasteiger partial charge in [-0.15, -0.1) is 0 Å². The number of rotatable bonds is 8. The van der Waals surface area contributed by atoms with Crippen LogP contribution < -0.4 is 9.47 Å². The molecule has 0 atom stereocenters. The Morgan fingerprint density at radius 2 is 1.04 bits per heavy atom. The molecule has 0 saturated heterocycles. The zero-order valence-corrected chi connectivity index (χ0v) is 31.9. The molecule has 4 aromatic heterocycles. The van der Waals surface area contributed by atoms with E-state index in [1.54, 1.807) is 36.2 Å². The minimum Gasteiger partial charge on any atom is -0.495 e. The van der Waals surface area contributed by atoms with Crippen LogP contribution in [0, 0.1) is 13.8 Å². The van der Waals surface area contributed by atoms with E-state index in [4.69, 9.17) is 32.7 Å². The Labute approximate surface area is 322 Å². The number of methoxy groups -OCH3 is 2. The zero-order chi connectivity index (χ0) is 37.9. The molecular weight excluding hydrogens is 723 g/mol. The summed E-state index contributed by atoms with van der Waals surface area (Å²) in [5, 5.41) is 10.3. The van der Waals surface area contributed by atoms with Crippen molar-refractivity contribution in [2.24, 2.45) is 14.1 Å². The molecule has 12 nitrogen and oxygen atoms in total. The number of hydrogen-bond donors (Lipinski definition) is 0. The van der Waals surface area contributed by atoms with E-state index in [0.29, 0.717) is 27.5 Å². The number of ether oxygens (including phenoxy) is 2. The van der Waals surface area contributed by atoms with E-state index in [-0.39, 0.29) is 0 Å². The van der Waals surface area contributed by atoms with Crippen molar-refractivity contribution in [1.29, 1.82) is 0 Å². The molecule has 272 valence electrons. The summed E-state index contributed by atoms with van der Waals surface area (Å²) in [6.07, 6.45) is 7.44. The number of nitrogens with zero attached hydrogens (tertiary/aromatic N) is 10. The van der Waals surface area contributed by atoms with Crippen molar-refractivity contribution in [2.75, 3.05) is 14.2 Å². The first kappa shape index (κ1) is 36.1. The molecule has 0 bridgehead atoms. The van der Waals surface area contributed by atoms with Gasteiger partial charge in [-0.05, 0) is 74.5 Å². The van der Waals surface area contributed by atoms with E-state index >= 15 is 0 Å². The minimum absolute atomic E-state index is 0.589. The molecular formula is C40H36Cl2N10O2. The SMILES string of the molecule is COc1cc(-c2nc(-c3ccccc3Cl)n(C)n2)ccc1-n1cnc(C)c1.COc1cc(-c2nc(-c3ccccc3Cl)nn2C)ccc1-n1cnc(C)c1. The van der Waals surface area contributed by atoms with Crippen LogP contribution in [0.25, 0.3) is 56.9 Å². The van der Waals surface area contributed by atoms with Crippen molar-refractivity contribution in [1.82, 2.24) is 48.6 Å². The lowest BCUT2D eigenvalue weighted by molar-refractivity contribution is 0.413. The van der Waals surface area contributed by atoms with Crippen LogP contribution in [0.5, 0.6) is 11.5 Å². The van der Waals surface area contributed by atoms with Crippen molar-refractivity contribution in [3.8, 4) is 68.4 Å². The smallest absolute Gasteiger partial charge is 0.183 e. The van der Waals surface area contributed by atoms with E-state index in [0.717, 1.165) is 62.3 Å². The first-order valence-corrected chi connectivity index (χ1v) is 17.6. The maximum Gasteiger partial charge on any atom is 0.183 e. The molecule has 0 aliphatic heterocycles. The van der Waals surface area contributed by atoms with Crippen LogP contribution in [0.2, 0.25) is 10.0 Å². The van der Waals surface area contributed by atoms with Crippen LogP contribution in [-0.2, 0) is 14.1 Å². The van der Waals surface area contributed by atoms with Crippen molar-refractivity contribution in [3.63, 3.8) is 0 Å². The largest absolute Gasteiger partial charge is 0.495 e. The molecule has 0 aliphatic rings. The van der Waals surface area contributed by atoms with Crippen LogP contribution in [0.3, 0.4) is 0 Å². The van der Waals surface area contributed by atoms with Crippen LogP contribution in [0.15, 0.2) is 110 Å². The Bertz CT molecular complexity index is 2590. The van der Waals surface area contributed by atoms with Crippen molar-refractivity contribution in [3.05, 3.63) is 131 Å². The molecule has 0 unspecified atom stereocenters. The summed E-state index contributed by atoms with van der Waals surface area (Å²) >= 11 is 12.6. The molecule has 14 heteroatoms. The molecule has 0 aliphatic carbocycles. The van der Waals surface area contributed by atoms with Gasteiger partial charge in [0.1, 0.15) is 11.5 Å². The Balaban J connectivity index is 0.000000167. The maximum absolute atomic E-state index is 6.31. The zero-order valence-electron chi connectivity index (χ0n) is 30.4. The standard InChI is InChI=1S/2C20H18ClN5O/c1-13-11-26(12-22-13)17-9-8-14(10-18(17)27-3)20-23-19(24-25(20)2)15-6-4-5-7-16(15)21;1-13-11-26(12-22-13)17-9-8-14(10-18(17)27-3)19-23-20(25(2)24-19)15-6-4-5-7-16(15)21/h2*4-12H,1-3H3. The van der Waals surface area contributed by atoms with Gasteiger partial charge in [0.05, 0.1) is 59.7 Å². The number of aromatic nitrogens is 10. The third-order valence-electron chi connectivity index (χ3n) is 8.61. The average Bonchev–Trinajstić information content (AvgIpc) is 3.99. The van der Waals surface area contributed by atoms with E-state index in [1.807, 2.05) is 134 Å². The number of benzene rings is 4. The number of aryl methyl sites for hydroxylation is 4. The van der Waals surface area contributed by atoms with E-state index in [9.17, 15) is 0 Å². The topological polar surface area (TPSA) is 116 Å². The average molecular weight is 760 g/mol. The number of hydrogen-bond acceptors (Lipinski definition) is 8. The Morgan fingerprint density at radius 3 is 1.57 bits per heavy atom. The summed E-state index contributed by atoms with van der Waals surface area (Å²) in [6.45, 7) is 3.90. The van der Waals surface area contributed by atoms with Gasteiger partial charge < -0.3 is 18.6 Å². The first-order valence-electron chi connectivity index (χ1n) is 16.8. The highest BCUT2D eigenvalue weighted by atomic mass is 35.5. The molecule has 8 aromatic rings. The highest BCUT2D eigenvalue weighted by molar-refractivity contribution is 6.33. The summed E-state index contributed by atoms with van der Waals surface area (Å²) in [6, 6.07) is 26.9. The monoisotopic (exact) mass is 758 g/mol. The second kappa shape index (κ2) is 15.4. The van der Waals surface area contributed by atoms with Gasteiger partial charge in [0.2, 0.25) is 0 Å². The van der Waals surface area contributed by atoms with Gasteiger partial charge in [-0.1, -0.05) is 47.5 Å². The normalized spacial score (nSPS) is 11.0. The van der Waals surface area contributed by atoms with Gasteiger partial charge in [-0.25, -0.2) is 29.3 Å². The van der Waals surface area contributed by atoms with Gasteiger partial charge in [0.25, 0.3) is 0 Å². The van der Waals surface area contributed by atoms with Crippen LogP contribution in [0.4, 0.5) is 0 Å². The van der Waals surface area contributed by atoms with Gasteiger partial charge in [-0.3, -0.25) is 0 Å². The van der Waals surface area contributed by atoms with E-state index in [2.05, 4.69) is 30.1 Å². The van der Waals surface area contributed by atoms with Crippen LogP contribution in [0.1, 0.15) is 11.4 Å². The van der Waals surface area contributed by atoms with Gasteiger partial charge in [0, 0.05) is 48.7 Å². The van der Waals surface area contributed by atoms with Gasteiger partial charge in [0.15, 0.2) is 23.3 Å². The highest BCUT2D eigenvalue weighted by Crippen LogP contribution is 2.33. The quantitative estimate of drug-likeness (QED) is 0.151. The lowest BCUT2D eigenvalue weighted by Crippen LogP contribution is -1.98. The third-order valence-corrected chi connectivity index (χ3v) is 9.27. The van der Waals surface area contributed by atoms with E-state index in [1.165, 1.54) is 0 Å². The fourth-order valence-corrected chi connectivity index (χ4v) is 6.38. The summed E-state index contributed by atoms with van der Waals surface area (Å²) in [7, 11) is 7.02. The van der Waals surface area contributed by atoms with Crippen LogP contribution >= 0.6 is 23.2 Å². The molecule has 4 aromatic carbocycles. The molecule has 54 heavy (non-hydrogen) atoms. The van der Waals surface area contributed by atoms with Crippen molar-refractivity contribution in [2.45, 2.75) is 13.8 Å². The molecule has 0 radical (unpaired) electrons. The summed E-state index contributed by atoms with van der Waals surface area (Å²) < 4.78 is 18.5. The Morgan fingerprint density at radius 1 is 0.556 bits per heavy atom. The predicted octanol–water partition coefficient (Wildman–Crippen LogP) is 8.61. The first-order chi connectivity index (χ1) is 26.1. The minimum atomic E-state index is 0.589. The van der Waals surface area contributed by atoms with E-state index < -0.39 is 0 Å². The molecule has 8 rings (SSSR count). The number of halogens is 2.